The topological polar surface area (TPSA) is 81.8 Å². The van der Waals surface area contributed by atoms with Gasteiger partial charge in [0.05, 0.1) is 12.5 Å². The van der Waals surface area contributed by atoms with E-state index < -0.39 is 0 Å². The van der Waals surface area contributed by atoms with Gasteiger partial charge in [-0.05, 0) is 64.4 Å². The van der Waals surface area contributed by atoms with Crippen molar-refractivity contribution in [2.45, 2.75) is 45.6 Å². The molecule has 2 rings (SSSR count). The summed E-state index contributed by atoms with van der Waals surface area (Å²) in [6, 6.07) is 7.45. The maximum absolute atomic E-state index is 13.6. The Hall–Kier alpha value is -2.25. The van der Waals surface area contributed by atoms with Gasteiger partial charge in [-0.25, -0.2) is 4.79 Å². The molecule has 2 unspecified atom stereocenters. The molecule has 1 saturated carbocycles. The number of Topliss-reactive ketones (excluding diaryl/α,β-unsaturated/α-hetero) is 1. The highest BCUT2D eigenvalue weighted by Gasteiger charge is 2.32. The van der Waals surface area contributed by atoms with Gasteiger partial charge in [0.1, 0.15) is 5.78 Å². The Morgan fingerprint density at radius 2 is 1.97 bits per heavy atom. The van der Waals surface area contributed by atoms with Crippen molar-refractivity contribution in [3.05, 3.63) is 35.4 Å². The number of benzene rings is 1. The summed E-state index contributed by atoms with van der Waals surface area (Å²) in [5.74, 6) is -0.0340. The van der Waals surface area contributed by atoms with E-state index in [1.807, 2.05) is 57.2 Å². The van der Waals surface area contributed by atoms with Crippen molar-refractivity contribution in [3.8, 4) is 0 Å². The van der Waals surface area contributed by atoms with Gasteiger partial charge >= 0.3 is 6.03 Å². The van der Waals surface area contributed by atoms with E-state index in [0.717, 1.165) is 24.0 Å². The van der Waals surface area contributed by atoms with Crippen LogP contribution in [0.4, 0.5) is 4.79 Å². The number of nitrogens with zero attached hydrogens (tertiary/aromatic N) is 2. The number of aryl methyl sites for hydroxylation is 1. The second kappa shape index (κ2) is 12.6. The lowest BCUT2D eigenvalue weighted by molar-refractivity contribution is -0.134. The fraction of sp³-hybridized carbons (Fsp3) is 0.625. The van der Waals surface area contributed by atoms with Crippen LogP contribution in [0.3, 0.4) is 0 Å². The number of amides is 3. The molecule has 0 aromatic heterocycles. The van der Waals surface area contributed by atoms with Crippen LogP contribution in [0.5, 0.6) is 0 Å². The average molecular weight is 431 g/mol. The van der Waals surface area contributed by atoms with Crippen molar-refractivity contribution in [3.63, 3.8) is 0 Å². The summed E-state index contributed by atoms with van der Waals surface area (Å²) in [5, 5.41) is 6.00. The lowest BCUT2D eigenvalue weighted by atomic mass is 9.81. The van der Waals surface area contributed by atoms with Crippen molar-refractivity contribution in [1.29, 1.82) is 0 Å². The lowest BCUT2D eigenvalue weighted by Gasteiger charge is -2.30. The van der Waals surface area contributed by atoms with Gasteiger partial charge in [0, 0.05) is 32.5 Å². The summed E-state index contributed by atoms with van der Waals surface area (Å²) >= 11 is 0. The predicted octanol–water partition coefficient (Wildman–Crippen LogP) is 2.58. The maximum atomic E-state index is 13.6. The lowest BCUT2D eigenvalue weighted by Crippen LogP contribution is -2.49. The van der Waals surface area contributed by atoms with Crippen LogP contribution in [-0.4, -0.2) is 68.3 Å². The van der Waals surface area contributed by atoms with E-state index in [0.29, 0.717) is 38.9 Å². The molecule has 31 heavy (non-hydrogen) atoms. The fourth-order valence-electron chi connectivity index (χ4n) is 4.15. The molecule has 1 aromatic rings. The highest BCUT2D eigenvalue weighted by molar-refractivity contribution is 5.95. The first kappa shape index (κ1) is 25.0. The summed E-state index contributed by atoms with van der Waals surface area (Å²) < 4.78 is 0. The summed E-state index contributed by atoms with van der Waals surface area (Å²) in [6.45, 7) is 3.88. The van der Waals surface area contributed by atoms with Crippen molar-refractivity contribution in [2.24, 2.45) is 11.8 Å². The Morgan fingerprint density at radius 1 is 1.23 bits per heavy atom. The molecule has 7 nitrogen and oxygen atoms in total. The van der Waals surface area contributed by atoms with Gasteiger partial charge in [0.15, 0.2) is 0 Å². The first-order valence-corrected chi connectivity index (χ1v) is 11.3. The monoisotopic (exact) mass is 430 g/mol. The van der Waals surface area contributed by atoms with Gasteiger partial charge in [-0.3, -0.25) is 14.5 Å². The third-order valence-corrected chi connectivity index (χ3v) is 5.94. The van der Waals surface area contributed by atoms with Crippen LogP contribution in [-0.2, 0) is 16.1 Å². The summed E-state index contributed by atoms with van der Waals surface area (Å²) in [5.41, 5.74) is 2.00. The predicted molar refractivity (Wildman–Crippen MR) is 123 cm³/mol. The van der Waals surface area contributed by atoms with E-state index in [4.69, 9.17) is 0 Å². The average Bonchev–Trinajstić information content (AvgIpc) is 2.72. The number of nitrogens with one attached hydrogen (secondary N) is 2. The second-order valence-electron chi connectivity index (χ2n) is 8.88. The number of rotatable bonds is 10. The number of hydrogen-bond acceptors (Lipinski definition) is 5. The Bertz CT molecular complexity index is 750. The molecule has 0 saturated heterocycles. The van der Waals surface area contributed by atoms with E-state index in [9.17, 15) is 14.4 Å². The standard InChI is InChI=1S/C24H38N4O3/c1-18-8-5-6-10-20(18)17-28(24(31)26-12-13-27(3)4)23(30)21(16-25-2)14-19-9-7-11-22(29)15-19/h5-6,8,10,19,21,25H,7,9,11-17H2,1-4H3,(H,26,31). The Labute approximate surface area is 186 Å². The highest BCUT2D eigenvalue weighted by Crippen LogP contribution is 2.28. The smallest absolute Gasteiger partial charge is 0.324 e. The number of urea groups is 1. The van der Waals surface area contributed by atoms with Crippen LogP contribution < -0.4 is 10.6 Å². The molecule has 0 radical (unpaired) electrons. The SMILES string of the molecule is CNCC(CC1CCCC(=O)C1)C(=O)N(Cc1ccccc1C)C(=O)NCCN(C)C. The zero-order chi connectivity index (χ0) is 22.8. The van der Waals surface area contributed by atoms with Gasteiger partial charge in [0.2, 0.25) is 5.91 Å². The van der Waals surface area contributed by atoms with Gasteiger partial charge in [-0.1, -0.05) is 24.3 Å². The van der Waals surface area contributed by atoms with E-state index in [1.54, 1.807) is 0 Å². The second-order valence-corrected chi connectivity index (χ2v) is 8.88. The quantitative estimate of drug-likeness (QED) is 0.596. The normalized spacial score (nSPS) is 17.5. The summed E-state index contributed by atoms with van der Waals surface area (Å²) in [6.07, 6.45) is 3.67. The molecule has 1 aromatic carbocycles. The Morgan fingerprint density at radius 3 is 2.61 bits per heavy atom. The molecular formula is C24H38N4O3. The summed E-state index contributed by atoms with van der Waals surface area (Å²) in [7, 11) is 5.70. The van der Waals surface area contributed by atoms with Crippen LogP contribution in [0.15, 0.2) is 24.3 Å². The van der Waals surface area contributed by atoms with Gasteiger partial charge in [-0.2, -0.15) is 0 Å². The van der Waals surface area contributed by atoms with E-state index >= 15 is 0 Å². The third-order valence-electron chi connectivity index (χ3n) is 5.94. The Balaban J connectivity index is 2.18. The molecule has 1 aliphatic carbocycles. The molecule has 0 heterocycles. The molecule has 1 aliphatic rings. The van der Waals surface area contributed by atoms with Gasteiger partial charge in [0.25, 0.3) is 0 Å². The molecule has 3 amide bonds. The molecule has 0 aliphatic heterocycles. The van der Waals surface area contributed by atoms with E-state index in [-0.39, 0.29) is 36.1 Å². The first-order valence-electron chi connectivity index (χ1n) is 11.3. The molecule has 0 bridgehead atoms. The minimum Gasteiger partial charge on any atom is -0.336 e. The zero-order valence-corrected chi connectivity index (χ0v) is 19.4. The van der Waals surface area contributed by atoms with Crippen LogP contribution in [0, 0.1) is 18.8 Å². The largest absolute Gasteiger partial charge is 0.336 e. The number of imide groups is 1. The molecule has 7 heteroatoms. The fourth-order valence-corrected chi connectivity index (χ4v) is 4.15. The third kappa shape index (κ3) is 8.07. The van der Waals surface area contributed by atoms with E-state index in [1.165, 1.54) is 4.90 Å². The van der Waals surface area contributed by atoms with Crippen molar-refractivity contribution < 1.29 is 14.4 Å². The number of likely N-dealkylation sites (N-methyl/N-ethyl adjacent to an activating group) is 1. The molecule has 0 spiro atoms. The number of ketones is 1. The number of carbonyl (C=O) groups excluding carboxylic acids is 3. The van der Waals surface area contributed by atoms with Gasteiger partial charge in [-0.15, -0.1) is 0 Å². The molecule has 172 valence electrons. The van der Waals surface area contributed by atoms with Crippen LogP contribution >= 0.6 is 0 Å². The van der Waals surface area contributed by atoms with Crippen LogP contribution in [0.1, 0.15) is 43.2 Å². The highest BCUT2D eigenvalue weighted by atomic mass is 16.2. The Kier molecular flexibility index (Phi) is 10.1. The summed E-state index contributed by atoms with van der Waals surface area (Å²) in [4.78, 5) is 41.8. The first-order chi connectivity index (χ1) is 14.8. The van der Waals surface area contributed by atoms with E-state index in [2.05, 4.69) is 10.6 Å². The minimum atomic E-state index is -0.365. The van der Waals surface area contributed by atoms with Crippen LogP contribution in [0.2, 0.25) is 0 Å². The van der Waals surface area contributed by atoms with Crippen molar-refractivity contribution >= 4 is 17.7 Å². The molecule has 2 N–H and O–H groups in total. The van der Waals surface area contributed by atoms with Gasteiger partial charge < -0.3 is 15.5 Å². The number of carbonyl (C=O) groups is 3. The zero-order valence-electron chi connectivity index (χ0n) is 19.4. The molecule has 2 atom stereocenters. The molecular weight excluding hydrogens is 392 g/mol. The number of hydrogen-bond donors (Lipinski definition) is 2. The van der Waals surface area contributed by atoms with Crippen molar-refractivity contribution in [2.75, 3.05) is 40.8 Å². The van der Waals surface area contributed by atoms with Crippen LogP contribution in [0.25, 0.3) is 0 Å². The minimum absolute atomic E-state index is 0.182. The van der Waals surface area contributed by atoms with Crippen molar-refractivity contribution in [1.82, 2.24) is 20.4 Å². The molecule has 1 fully saturated rings. The maximum Gasteiger partial charge on any atom is 0.324 e.